The number of benzene rings is 1. The normalized spacial score (nSPS) is 18.2. The monoisotopic (exact) mass is 319 g/mol. The number of amides is 2. The van der Waals surface area contributed by atoms with Crippen LogP contribution in [0, 0.1) is 5.92 Å². The minimum absolute atomic E-state index is 0.00821. The van der Waals surface area contributed by atoms with Crippen molar-refractivity contribution >= 4 is 6.03 Å². The minimum atomic E-state index is 0.00821. The van der Waals surface area contributed by atoms with E-state index in [0.29, 0.717) is 13.1 Å². The number of carbonyl (C=O) groups excluding carboxylic acids is 1. The molecular weight excluding hydrogens is 290 g/mol. The van der Waals surface area contributed by atoms with Crippen LogP contribution >= 0.6 is 0 Å². The van der Waals surface area contributed by atoms with E-state index in [1.807, 2.05) is 11.0 Å². The molecule has 23 heavy (non-hydrogen) atoms. The zero-order chi connectivity index (χ0) is 16.5. The second kappa shape index (κ2) is 9.53. The lowest BCUT2D eigenvalue weighted by atomic mass is 9.99. The summed E-state index contributed by atoms with van der Waals surface area (Å²) < 4.78 is 0. The van der Waals surface area contributed by atoms with Gasteiger partial charge in [0.1, 0.15) is 0 Å². The van der Waals surface area contributed by atoms with Crippen LogP contribution in [-0.4, -0.2) is 60.8 Å². The van der Waals surface area contributed by atoms with Crippen LogP contribution in [0.2, 0.25) is 0 Å². The van der Waals surface area contributed by atoms with Crippen LogP contribution in [0.4, 0.5) is 4.79 Å². The fourth-order valence-electron chi connectivity index (χ4n) is 3.03. The SMILES string of the molecule is CN(CCCNC(=O)N1CCCC(CO)C1)Cc1ccccc1. The average Bonchev–Trinajstić information content (AvgIpc) is 2.59. The molecule has 0 saturated carbocycles. The second-order valence-corrected chi connectivity index (χ2v) is 6.45. The van der Waals surface area contributed by atoms with E-state index in [0.717, 1.165) is 38.9 Å². The molecule has 2 N–H and O–H groups in total. The molecule has 1 atom stereocenters. The number of rotatable bonds is 7. The van der Waals surface area contributed by atoms with E-state index in [9.17, 15) is 9.90 Å². The Morgan fingerprint density at radius 1 is 1.39 bits per heavy atom. The predicted molar refractivity (Wildman–Crippen MR) is 92.2 cm³/mol. The quantitative estimate of drug-likeness (QED) is 0.755. The van der Waals surface area contributed by atoms with Gasteiger partial charge in [-0.1, -0.05) is 30.3 Å². The van der Waals surface area contributed by atoms with Gasteiger partial charge in [-0.2, -0.15) is 0 Å². The summed E-state index contributed by atoms with van der Waals surface area (Å²) in [5.74, 6) is 0.242. The number of hydrogen-bond donors (Lipinski definition) is 2. The molecular formula is C18H29N3O2. The predicted octanol–water partition coefficient (Wildman–Crippen LogP) is 1.92. The first-order chi connectivity index (χ1) is 11.2. The Bertz CT molecular complexity index is 467. The molecule has 1 aromatic rings. The Morgan fingerprint density at radius 3 is 2.91 bits per heavy atom. The number of aliphatic hydroxyl groups is 1. The van der Waals surface area contributed by atoms with Crippen molar-refractivity contribution in [1.82, 2.24) is 15.1 Å². The van der Waals surface area contributed by atoms with Crippen molar-refractivity contribution in [3.8, 4) is 0 Å². The molecule has 128 valence electrons. The summed E-state index contributed by atoms with van der Waals surface area (Å²) >= 11 is 0. The number of likely N-dealkylation sites (tertiary alicyclic amines) is 1. The van der Waals surface area contributed by atoms with Gasteiger partial charge in [0.05, 0.1) is 0 Å². The molecule has 0 aliphatic carbocycles. The Hall–Kier alpha value is -1.59. The van der Waals surface area contributed by atoms with Gasteiger partial charge in [-0.25, -0.2) is 4.79 Å². The summed E-state index contributed by atoms with van der Waals surface area (Å²) in [5, 5.41) is 12.2. The van der Waals surface area contributed by atoms with Gasteiger partial charge in [-0.3, -0.25) is 0 Å². The number of aliphatic hydroxyl groups excluding tert-OH is 1. The summed E-state index contributed by atoms with van der Waals surface area (Å²) in [5.41, 5.74) is 1.31. The molecule has 0 radical (unpaired) electrons. The molecule has 0 bridgehead atoms. The van der Waals surface area contributed by atoms with Gasteiger partial charge in [0.2, 0.25) is 0 Å². The zero-order valence-corrected chi connectivity index (χ0v) is 14.1. The molecule has 1 aliphatic rings. The van der Waals surface area contributed by atoms with Crippen molar-refractivity contribution in [1.29, 1.82) is 0 Å². The lowest BCUT2D eigenvalue weighted by Gasteiger charge is -2.31. The lowest BCUT2D eigenvalue weighted by molar-refractivity contribution is 0.129. The van der Waals surface area contributed by atoms with Gasteiger partial charge in [0.15, 0.2) is 0 Å². The van der Waals surface area contributed by atoms with Gasteiger partial charge in [-0.15, -0.1) is 0 Å². The van der Waals surface area contributed by atoms with Gasteiger partial charge >= 0.3 is 6.03 Å². The van der Waals surface area contributed by atoms with Crippen LogP contribution < -0.4 is 5.32 Å². The molecule has 5 nitrogen and oxygen atoms in total. The summed E-state index contributed by atoms with van der Waals surface area (Å²) in [4.78, 5) is 16.2. The first kappa shape index (κ1) is 17.8. The highest BCUT2D eigenvalue weighted by atomic mass is 16.3. The van der Waals surface area contributed by atoms with E-state index in [4.69, 9.17) is 0 Å². The Kier molecular flexibility index (Phi) is 7.36. The van der Waals surface area contributed by atoms with E-state index >= 15 is 0 Å². The molecule has 1 aromatic carbocycles. The van der Waals surface area contributed by atoms with Crippen molar-refractivity contribution < 1.29 is 9.90 Å². The van der Waals surface area contributed by atoms with Crippen molar-refractivity contribution in [2.24, 2.45) is 5.92 Å². The third kappa shape index (κ3) is 6.20. The van der Waals surface area contributed by atoms with Gasteiger partial charge in [0, 0.05) is 32.8 Å². The van der Waals surface area contributed by atoms with Crippen molar-refractivity contribution in [2.75, 3.05) is 39.8 Å². The maximum absolute atomic E-state index is 12.1. The molecule has 1 saturated heterocycles. The van der Waals surface area contributed by atoms with E-state index in [1.165, 1.54) is 5.56 Å². The number of piperidine rings is 1. The highest BCUT2D eigenvalue weighted by Gasteiger charge is 2.22. The van der Waals surface area contributed by atoms with Crippen LogP contribution in [0.1, 0.15) is 24.8 Å². The largest absolute Gasteiger partial charge is 0.396 e. The van der Waals surface area contributed by atoms with Crippen LogP contribution in [0.3, 0.4) is 0 Å². The molecule has 1 unspecified atom stereocenters. The van der Waals surface area contributed by atoms with Crippen LogP contribution in [0.5, 0.6) is 0 Å². The molecule has 5 heteroatoms. The van der Waals surface area contributed by atoms with Crippen molar-refractivity contribution in [3.05, 3.63) is 35.9 Å². The third-order valence-corrected chi connectivity index (χ3v) is 4.35. The number of urea groups is 1. The van der Waals surface area contributed by atoms with Crippen molar-refractivity contribution in [3.63, 3.8) is 0 Å². The van der Waals surface area contributed by atoms with E-state index in [1.54, 1.807) is 0 Å². The summed E-state index contributed by atoms with van der Waals surface area (Å²) in [7, 11) is 2.10. The molecule has 1 fully saturated rings. The average molecular weight is 319 g/mol. The lowest BCUT2D eigenvalue weighted by Crippen LogP contribution is -2.46. The maximum Gasteiger partial charge on any atom is 0.317 e. The number of nitrogens with one attached hydrogen (secondary N) is 1. The van der Waals surface area contributed by atoms with Crippen LogP contribution in [0.25, 0.3) is 0 Å². The number of nitrogens with zero attached hydrogens (tertiary/aromatic N) is 2. The minimum Gasteiger partial charge on any atom is -0.396 e. The highest BCUT2D eigenvalue weighted by molar-refractivity contribution is 5.74. The molecule has 2 rings (SSSR count). The zero-order valence-electron chi connectivity index (χ0n) is 14.1. The molecule has 1 aliphatic heterocycles. The Balaban J connectivity index is 1.60. The fourth-order valence-corrected chi connectivity index (χ4v) is 3.03. The molecule has 1 heterocycles. The van der Waals surface area contributed by atoms with Gasteiger partial charge < -0.3 is 20.2 Å². The third-order valence-electron chi connectivity index (χ3n) is 4.35. The van der Waals surface area contributed by atoms with Gasteiger partial charge in [0.25, 0.3) is 0 Å². The molecule has 0 aromatic heterocycles. The van der Waals surface area contributed by atoms with E-state index in [2.05, 4.69) is 41.5 Å². The standard InChI is InChI=1S/C18H29N3O2/c1-20(13-16-7-3-2-4-8-16)11-6-10-19-18(23)21-12-5-9-17(14-21)15-22/h2-4,7-8,17,22H,5-6,9-15H2,1H3,(H,19,23). The summed E-state index contributed by atoms with van der Waals surface area (Å²) in [6, 6.07) is 10.4. The summed E-state index contributed by atoms with van der Waals surface area (Å²) in [6.07, 6.45) is 2.94. The first-order valence-corrected chi connectivity index (χ1v) is 8.55. The molecule has 0 spiro atoms. The van der Waals surface area contributed by atoms with E-state index < -0.39 is 0 Å². The second-order valence-electron chi connectivity index (χ2n) is 6.45. The summed E-state index contributed by atoms with van der Waals surface area (Å²) in [6.45, 7) is 4.23. The number of hydrogen-bond acceptors (Lipinski definition) is 3. The maximum atomic E-state index is 12.1. The fraction of sp³-hybridized carbons (Fsp3) is 0.611. The number of carbonyl (C=O) groups is 1. The van der Waals surface area contributed by atoms with Crippen molar-refractivity contribution in [2.45, 2.75) is 25.8 Å². The van der Waals surface area contributed by atoms with E-state index in [-0.39, 0.29) is 18.6 Å². The Morgan fingerprint density at radius 2 is 2.17 bits per heavy atom. The highest BCUT2D eigenvalue weighted by Crippen LogP contribution is 2.15. The topological polar surface area (TPSA) is 55.8 Å². The van der Waals surface area contributed by atoms with Crippen LogP contribution in [0.15, 0.2) is 30.3 Å². The van der Waals surface area contributed by atoms with Gasteiger partial charge in [-0.05, 0) is 44.3 Å². The Labute approximate surface area is 139 Å². The first-order valence-electron chi connectivity index (χ1n) is 8.55. The smallest absolute Gasteiger partial charge is 0.317 e. The molecule has 2 amide bonds. The van der Waals surface area contributed by atoms with Crippen LogP contribution in [-0.2, 0) is 6.54 Å².